The molecule has 0 aromatic rings. The quantitative estimate of drug-likeness (QED) is 0.367. The fourth-order valence-corrected chi connectivity index (χ4v) is 2.85. The van der Waals surface area contributed by atoms with Gasteiger partial charge in [0.15, 0.2) is 5.96 Å². The highest BCUT2D eigenvalue weighted by Crippen LogP contribution is 2.16. The van der Waals surface area contributed by atoms with Crippen LogP contribution >= 0.6 is 0 Å². The molecule has 0 bridgehead atoms. The Morgan fingerprint density at radius 1 is 1.22 bits per heavy atom. The lowest BCUT2D eigenvalue weighted by Crippen LogP contribution is -2.43. The van der Waals surface area contributed by atoms with Gasteiger partial charge < -0.3 is 20.3 Å². The van der Waals surface area contributed by atoms with Crippen LogP contribution in [0.3, 0.4) is 0 Å². The highest BCUT2D eigenvalue weighted by atomic mass is 16.5. The highest BCUT2D eigenvalue weighted by molar-refractivity contribution is 5.79. The number of hydrogen-bond donors (Lipinski definition) is 2. The zero-order valence-electron chi connectivity index (χ0n) is 15.7. The normalized spacial score (nSPS) is 17.7. The molecule has 1 fully saturated rings. The summed E-state index contributed by atoms with van der Waals surface area (Å²) in [7, 11) is 1.83. The molecule has 0 unspecified atom stereocenters. The van der Waals surface area contributed by atoms with Gasteiger partial charge in [-0.3, -0.25) is 4.99 Å². The van der Waals surface area contributed by atoms with Crippen LogP contribution in [0.4, 0.5) is 0 Å². The summed E-state index contributed by atoms with van der Waals surface area (Å²) < 4.78 is 5.62. The van der Waals surface area contributed by atoms with Crippen LogP contribution < -0.4 is 10.6 Å². The SMILES string of the molecule is CCCN1CCC(CNC(=NC)NCCOCCC(C)C)CC1. The van der Waals surface area contributed by atoms with Crippen LogP contribution in [0.2, 0.25) is 0 Å². The Labute approximate surface area is 143 Å². The first-order valence-electron chi connectivity index (χ1n) is 9.40. The second-order valence-corrected chi connectivity index (χ2v) is 6.96. The second-order valence-electron chi connectivity index (χ2n) is 6.96. The van der Waals surface area contributed by atoms with Gasteiger partial charge in [0, 0.05) is 26.7 Å². The van der Waals surface area contributed by atoms with Gasteiger partial charge in [0.25, 0.3) is 0 Å². The number of likely N-dealkylation sites (tertiary alicyclic amines) is 1. The number of ether oxygens (including phenoxy) is 1. The molecular weight excluding hydrogens is 288 g/mol. The minimum Gasteiger partial charge on any atom is -0.380 e. The number of nitrogens with zero attached hydrogens (tertiary/aromatic N) is 2. The average molecular weight is 327 g/mol. The molecule has 0 spiro atoms. The Balaban J connectivity index is 2.06. The molecule has 1 heterocycles. The van der Waals surface area contributed by atoms with Crippen LogP contribution in [-0.2, 0) is 4.74 Å². The van der Waals surface area contributed by atoms with Crippen molar-refractivity contribution in [2.45, 2.75) is 46.5 Å². The number of aliphatic imine (C=N–C) groups is 1. The first-order valence-corrected chi connectivity index (χ1v) is 9.40. The van der Waals surface area contributed by atoms with Gasteiger partial charge in [0.05, 0.1) is 6.61 Å². The van der Waals surface area contributed by atoms with Crippen LogP contribution in [0.5, 0.6) is 0 Å². The highest BCUT2D eigenvalue weighted by Gasteiger charge is 2.18. The van der Waals surface area contributed by atoms with Gasteiger partial charge in [-0.2, -0.15) is 0 Å². The maximum atomic E-state index is 5.62. The van der Waals surface area contributed by atoms with E-state index in [0.717, 1.165) is 44.6 Å². The maximum absolute atomic E-state index is 5.62. The summed E-state index contributed by atoms with van der Waals surface area (Å²) >= 11 is 0. The third kappa shape index (κ3) is 9.82. The monoisotopic (exact) mass is 326 g/mol. The predicted octanol–water partition coefficient (Wildman–Crippen LogP) is 2.34. The van der Waals surface area contributed by atoms with Gasteiger partial charge in [-0.1, -0.05) is 20.8 Å². The van der Waals surface area contributed by atoms with E-state index in [4.69, 9.17) is 4.74 Å². The number of guanidine groups is 1. The summed E-state index contributed by atoms with van der Waals surface area (Å²) in [6.07, 6.45) is 4.98. The molecule has 0 amide bonds. The zero-order chi connectivity index (χ0) is 16.9. The standard InChI is InChI=1S/C18H38N4O/c1-5-10-22-11-6-17(7-12-22)15-21-18(19-4)20-9-14-23-13-8-16(2)3/h16-17H,5-15H2,1-4H3,(H2,19,20,21). The molecular formula is C18H38N4O. The third-order valence-electron chi connectivity index (χ3n) is 4.41. The van der Waals surface area contributed by atoms with Gasteiger partial charge in [-0.05, 0) is 57.2 Å². The Bertz CT molecular complexity index is 312. The molecule has 0 radical (unpaired) electrons. The minimum atomic E-state index is 0.709. The largest absolute Gasteiger partial charge is 0.380 e. The van der Waals surface area contributed by atoms with Crippen molar-refractivity contribution in [3.63, 3.8) is 0 Å². The molecule has 0 atom stereocenters. The molecule has 1 aliphatic rings. The summed E-state index contributed by atoms with van der Waals surface area (Å²) in [4.78, 5) is 6.87. The van der Waals surface area contributed by atoms with Crippen LogP contribution in [0.1, 0.15) is 46.5 Å². The first-order chi connectivity index (χ1) is 11.2. The van der Waals surface area contributed by atoms with Crippen molar-refractivity contribution in [3.8, 4) is 0 Å². The lowest BCUT2D eigenvalue weighted by molar-refractivity contribution is 0.128. The van der Waals surface area contributed by atoms with Crippen molar-refractivity contribution < 1.29 is 4.74 Å². The average Bonchev–Trinajstić information content (AvgIpc) is 2.55. The van der Waals surface area contributed by atoms with E-state index in [2.05, 4.69) is 41.3 Å². The number of nitrogens with one attached hydrogen (secondary N) is 2. The molecule has 1 saturated heterocycles. The molecule has 0 saturated carbocycles. The zero-order valence-corrected chi connectivity index (χ0v) is 15.7. The van der Waals surface area contributed by atoms with Crippen molar-refractivity contribution in [2.24, 2.45) is 16.8 Å². The summed E-state index contributed by atoms with van der Waals surface area (Å²) in [5.74, 6) is 2.37. The van der Waals surface area contributed by atoms with E-state index in [1.54, 1.807) is 0 Å². The Morgan fingerprint density at radius 3 is 2.57 bits per heavy atom. The third-order valence-corrected chi connectivity index (χ3v) is 4.41. The van der Waals surface area contributed by atoms with Gasteiger partial charge in [0.1, 0.15) is 0 Å². The van der Waals surface area contributed by atoms with E-state index >= 15 is 0 Å². The number of rotatable bonds is 10. The van der Waals surface area contributed by atoms with Gasteiger partial charge >= 0.3 is 0 Å². The summed E-state index contributed by atoms with van der Waals surface area (Å²) in [6.45, 7) is 13.9. The van der Waals surface area contributed by atoms with Crippen LogP contribution in [0.15, 0.2) is 4.99 Å². The molecule has 0 aliphatic carbocycles. The summed E-state index contributed by atoms with van der Waals surface area (Å²) in [6, 6.07) is 0. The van der Waals surface area contributed by atoms with Crippen LogP contribution in [-0.4, -0.2) is 63.8 Å². The molecule has 0 aromatic heterocycles. The van der Waals surface area contributed by atoms with E-state index in [-0.39, 0.29) is 0 Å². The Hall–Kier alpha value is -0.810. The van der Waals surface area contributed by atoms with Crippen molar-refractivity contribution in [2.75, 3.05) is 53.0 Å². The fourth-order valence-electron chi connectivity index (χ4n) is 2.85. The fraction of sp³-hybridized carbons (Fsp3) is 0.944. The molecule has 5 heteroatoms. The summed E-state index contributed by atoms with van der Waals surface area (Å²) in [5.41, 5.74) is 0. The molecule has 2 N–H and O–H groups in total. The Kier molecular flexibility index (Phi) is 11.1. The van der Waals surface area contributed by atoms with Crippen LogP contribution in [0.25, 0.3) is 0 Å². The van der Waals surface area contributed by atoms with Crippen molar-refractivity contribution in [1.82, 2.24) is 15.5 Å². The predicted molar refractivity (Wildman–Crippen MR) is 99.1 cm³/mol. The maximum Gasteiger partial charge on any atom is 0.191 e. The van der Waals surface area contributed by atoms with Gasteiger partial charge in [0.2, 0.25) is 0 Å². The molecule has 23 heavy (non-hydrogen) atoms. The molecule has 5 nitrogen and oxygen atoms in total. The van der Waals surface area contributed by atoms with E-state index in [1.807, 2.05) is 7.05 Å². The lowest BCUT2D eigenvalue weighted by Gasteiger charge is -2.32. The van der Waals surface area contributed by atoms with E-state index in [1.165, 1.54) is 38.9 Å². The summed E-state index contributed by atoms with van der Waals surface area (Å²) in [5, 5.41) is 6.79. The Morgan fingerprint density at radius 2 is 1.96 bits per heavy atom. The van der Waals surface area contributed by atoms with Gasteiger partial charge in [-0.15, -0.1) is 0 Å². The number of piperidine rings is 1. The van der Waals surface area contributed by atoms with E-state index < -0.39 is 0 Å². The lowest BCUT2D eigenvalue weighted by atomic mass is 9.97. The molecule has 0 aromatic carbocycles. The minimum absolute atomic E-state index is 0.709. The van der Waals surface area contributed by atoms with Crippen molar-refractivity contribution in [1.29, 1.82) is 0 Å². The van der Waals surface area contributed by atoms with Gasteiger partial charge in [-0.25, -0.2) is 0 Å². The smallest absolute Gasteiger partial charge is 0.191 e. The topological polar surface area (TPSA) is 48.9 Å². The molecule has 136 valence electrons. The first kappa shape index (κ1) is 20.2. The second kappa shape index (κ2) is 12.6. The van der Waals surface area contributed by atoms with Crippen molar-refractivity contribution in [3.05, 3.63) is 0 Å². The molecule has 1 rings (SSSR count). The van der Waals surface area contributed by atoms with Crippen molar-refractivity contribution >= 4 is 5.96 Å². The van der Waals surface area contributed by atoms with E-state index in [9.17, 15) is 0 Å². The van der Waals surface area contributed by atoms with Crippen LogP contribution in [0, 0.1) is 11.8 Å². The van der Waals surface area contributed by atoms with E-state index in [0.29, 0.717) is 5.92 Å². The molecule has 1 aliphatic heterocycles. The number of hydrogen-bond acceptors (Lipinski definition) is 3.